The van der Waals surface area contributed by atoms with E-state index in [0.29, 0.717) is 6.42 Å². The Bertz CT molecular complexity index is 657. The van der Waals surface area contributed by atoms with Gasteiger partial charge in [0.25, 0.3) is 5.91 Å². The number of benzene rings is 1. The van der Waals surface area contributed by atoms with Crippen LogP contribution in [0.5, 0.6) is 0 Å². The van der Waals surface area contributed by atoms with Crippen molar-refractivity contribution in [1.29, 1.82) is 0 Å². The average molecular weight is 355 g/mol. The highest BCUT2D eigenvalue weighted by atomic mass is 19.4. The molecule has 1 heterocycles. The monoisotopic (exact) mass is 355 g/mol. The number of likely N-dealkylation sites (tertiary alicyclic amines) is 1. The standard InChI is InChI=1S/C18H20F3NO3/c1-25-17(24)15-10-12-4-2-3-5-14(12)22(15)16(23)11-6-8-13(9-7-11)18(19,20)21/h6-9,12,14-15H,2-5,10H2,1H3/t12-,14+,15-/m0/s1. The van der Waals surface area contributed by atoms with Gasteiger partial charge in [0, 0.05) is 11.6 Å². The lowest BCUT2D eigenvalue weighted by Crippen LogP contribution is -2.46. The van der Waals surface area contributed by atoms with Crippen molar-refractivity contribution in [3.05, 3.63) is 35.4 Å². The van der Waals surface area contributed by atoms with Crippen molar-refractivity contribution in [2.24, 2.45) is 5.92 Å². The SMILES string of the molecule is COC(=O)[C@@H]1C[C@@H]2CCCC[C@H]2N1C(=O)c1ccc(C(F)(F)F)cc1. The first kappa shape index (κ1) is 17.8. The zero-order chi connectivity index (χ0) is 18.2. The number of halogens is 3. The molecule has 1 aliphatic heterocycles. The molecule has 1 aliphatic carbocycles. The smallest absolute Gasteiger partial charge is 0.416 e. The molecule has 4 nitrogen and oxygen atoms in total. The van der Waals surface area contributed by atoms with Crippen LogP contribution in [0.25, 0.3) is 0 Å². The van der Waals surface area contributed by atoms with Crippen molar-refractivity contribution in [3.8, 4) is 0 Å². The van der Waals surface area contributed by atoms with Crippen LogP contribution >= 0.6 is 0 Å². The van der Waals surface area contributed by atoms with Gasteiger partial charge in [0.15, 0.2) is 0 Å². The van der Waals surface area contributed by atoms with Crippen LogP contribution in [-0.2, 0) is 15.7 Å². The molecule has 1 aromatic carbocycles. The molecule has 1 amide bonds. The van der Waals surface area contributed by atoms with Crippen molar-refractivity contribution in [3.63, 3.8) is 0 Å². The van der Waals surface area contributed by atoms with E-state index in [0.717, 1.165) is 37.8 Å². The number of carbonyl (C=O) groups excluding carboxylic acids is 2. The first-order chi connectivity index (χ1) is 11.8. The predicted octanol–water partition coefficient (Wildman–Crippen LogP) is 3.65. The summed E-state index contributed by atoms with van der Waals surface area (Å²) in [4.78, 5) is 26.6. The first-order valence-electron chi connectivity index (χ1n) is 8.40. The Morgan fingerprint density at radius 2 is 1.76 bits per heavy atom. The van der Waals surface area contributed by atoms with Crippen LogP contribution in [0.15, 0.2) is 24.3 Å². The third kappa shape index (κ3) is 3.37. The van der Waals surface area contributed by atoms with Crippen LogP contribution in [0.3, 0.4) is 0 Å². The Morgan fingerprint density at radius 3 is 2.36 bits per heavy atom. The van der Waals surface area contributed by atoms with Crippen molar-refractivity contribution in [1.82, 2.24) is 4.90 Å². The number of amides is 1. The topological polar surface area (TPSA) is 46.6 Å². The summed E-state index contributed by atoms with van der Waals surface area (Å²) in [7, 11) is 1.28. The van der Waals surface area contributed by atoms with Crippen molar-refractivity contribution in [2.75, 3.05) is 7.11 Å². The second-order valence-corrected chi connectivity index (χ2v) is 6.67. The molecular weight excluding hydrogens is 335 g/mol. The van der Waals surface area contributed by atoms with Crippen molar-refractivity contribution < 1.29 is 27.5 Å². The molecule has 0 unspecified atom stereocenters. The van der Waals surface area contributed by atoms with E-state index in [9.17, 15) is 22.8 Å². The Labute approximate surface area is 143 Å². The fraction of sp³-hybridized carbons (Fsp3) is 0.556. The maximum atomic E-state index is 12.9. The zero-order valence-electron chi connectivity index (χ0n) is 13.9. The van der Waals surface area contributed by atoms with E-state index in [1.807, 2.05) is 0 Å². The number of esters is 1. The second-order valence-electron chi connectivity index (χ2n) is 6.67. The summed E-state index contributed by atoms with van der Waals surface area (Å²) in [6, 6.07) is 3.44. The number of hydrogen-bond acceptors (Lipinski definition) is 3. The molecule has 7 heteroatoms. The maximum Gasteiger partial charge on any atom is 0.416 e. The molecule has 3 rings (SSSR count). The summed E-state index contributed by atoms with van der Waals surface area (Å²) < 4.78 is 42.9. The van der Waals surface area contributed by atoms with E-state index in [2.05, 4.69) is 0 Å². The number of methoxy groups -OCH3 is 1. The number of alkyl halides is 3. The van der Waals surface area contributed by atoms with Crippen LogP contribution in [-0.4, -0.2) is 36.0 Å². The Kier molecular flexibility index (Phi) is 4.75. The van der Waals surface area contributed by atoms with E-state index in [1.54, 1.807) is 0 Å². The lowest BCUT2D eigenvalue weighted by Gasteiger charge is -2.33. The fourth-order valence-corrected chi connectivity index (χ4v) is 4.05. The van der Waals surface area contributed by atoms with E-state index in [4.69, 9.17) is 4.74 Å². The second kappa shape index (κ2) is 6.69. The molecule has 0 spiro atoms. The van der Waals surface area contributed by atoms with Gasteiger partial charge in [-0.2, -0.15) is 13.2 Å². The van der Waals surface area contributed by atoms with Gasteiger partial charge in [0.1, 0.15) is 6.04 Å². The Morgan fingerprint density at radius 1 is 1.12 bits per heavy atom. The van der Waals surface area contributed by atoms with Gasteiger partial charge < -0.3 is 9.64 Å². The lowest BCUT2D eigenvalue weighted by atomic mass is 9.84. The van der Waals surface area contributed by atoms with E-state index in [1.165, 1.54) is 24.1 Å². The number of hydrogen-bond donors (Lipinski definition) is 0. The lowest BCUT2D eigenvalue weighted by molar-refractivity contribution is -0.145. The maximum absolute atomic E-state index is 12.9. The highest BCUT2D eigenvalue weighted by Crippen LogP contribution is 2.41. The summed E-state index contributed by atoms with van der Waals surface area (Å²) in [6.45, 7) is 0. The van der Waals surface area contributed by atoms with Gasteiger partial charge >= 0.3 is 12.1 Å². The summed E-state index contributed by atoms with van der Waals surface area (Å²) in [5.41, 5.74) is -0.640. The minimum Gasteiger partial charge on any atom is -0.467 e. The molecule has 0 N–H and O–H groups in total. The zero-order valence-corrected chi connectivity index (χ0v) is 13.9. The third-order valence-corrected chi connectivity index (χ3v) is 5.25. The summed E-state index contributed by atoms with van der Waals surface area (Å²) in [5, 5.41) is 0. The molecule has 136 valence electrons. The van der Waals surface area contributed by atoms with Gasteiger partial charge in [-0.1, -0.05) is 12.8 Å². The quantitative estimate of drug-likeness (QED) is 0.761. The van der Waals surface area contributed by atoms with Crippen LogP contribution in [0.4, 0.5) is 13.2 Å². The van der Waals surface area contributed by atoms with Crippen molar-refractivity contribution in [2.45, 2.75) is 50.4 Å². The number of nitrogens with zero attached hydrogens (tertiary/aromatic N) is 1. The molecule has 2 fully saturated rings. The van der Waals surface area contributed by atoms with Crippen LogP contribution in [0, 0.1) is 5.92 Å². The molecule has 25 heavy (non-hydrogen) atoms. The third-order valence-electron chi connectivity index (χ3n) is 5.25. The molecule has 2 aliphatic rings. The molecule has 0 radical (unpaired) electrons. The van der Waals surface area contributed by atoms with Gasteiger partial charge in [-0.3, -0.25) is 4.79 Å². The highest BCUT2D eigenvalue weighted by Gasteiger charge is 2.48. The highest BCUT2D eigenvalue weighted by molar-refractivity contribution is 5.97. The molecule has 0 aromatic heterocycles. The minimum absolute atomic E-state index is 0.0485. The number of rotatable bonds is 2. The van der Waals surface area contributed by atoms with Gasteiger partial charge in [-0.25, -0.2) is 4.79 Å². The van der Waals surface area contributed by atoms with E-state index in [-0.39, 0.29) is 17.5 Å². The minimum atomic E-state index is -4.45. The van der Waals surface area contributed by atoms with E-state index < -0.39 is 29.7 Å². The van der Waals surface area contributed by atoms with E-state index >= 15 is 0 Å². The molecule has 1 aromatic rings. The average Bonchev–Trinajstić information content (AvgIpc) is 2.99. The van der Waals surface area contributed by atoms with Gasteiger partial charge in [-0.15, -0.1) is 0 Å². The first-order valence-corrected chi connectivity index (χ1v) is 8.40. The van der Waals surface area contributed by atoms with Gasteiger partial charge in [-0.05, 0) is 49.4 Å². The fourth-order valence-electron chi connectivity index (χ4n) is 4.05. The van der Waals surface area contributed by atoms with Crippen LogP contribution in [0.2, 0.25) is 0 Å². The Hall–Kier alpha value is -2.05. The summed E-state index contributed by atoms with van der Waals surface area (Å²) in [6.07, 6.45) is -0.0787. The Balaban J connectivity index is 1.88. The van der Waals surface area contributed by atoms with Gasteiger partial charge in [0.05, 0.1) is 12.7 Å². The van der Waals surface area contributed by atoms with Crippen LogP contribution < -0.4 is 0 Å². The molecule has 1 saturated heterocycles. The normalized spacial score (nSPS) is 26.2. The van der Waals surface area contributed by atoms with Gasteiger partial charge in [0.2, 0.25) is 0 Å². The van der Waals surface area contributed by atoms with Crippen molar-refractivity contribution >= 4 is 11.9 Å². The number of carbonyl (C=O) groups is 2. The van der Waals surface area contributed by atoms with Crippen LogP contribution in [0.1, 0.15) is 48.0 Å². The molecule has 1 saturated carbocycles. The number of fused-ring (bicyclic) bond motifs is 1. The molecular formula is C18H20F3NO3. The predicted molar refractivity (Wildman–Crippen MR) is 83.8 cm³/mol. The summed E-state index contributed by atoms with van der Waals surface area (Å²) >= 11 is 0. The largest absolute Gasteiger partial charge is 0.467 e. The summed E-state index contributed by atoms with van der Waals surface area (Å²) in [5.74, 6) is -0.621. The molecule has 0 bridgehead atoms. The molecule has 3 atom stereocenters. The number of ether oxygens (including phenoxy) is 1.